The molecule has 0 bridgehead atoms. The van der Waals surface area contributed by atoms with Crippen molar-refractivity contribution in [2.75, 3.05) is 7.05 Å². The summed E-state index contributed by atoms with van der Waals surface area (Å²) in [5, 5.41) is 34.7. The number of carbonyl (C=O) groups excluding carboxylic acids is 2. The van der Waals surface area contributed by atoms with E-state index < -0.39 is 15.8 Å². The lowest BCUT2D eigenvalue weighted by Gasteiger charge is -2.09. The smallest absolute Gasteiger partial charge is 0.274 e. The summed E-state index contributed by atoms with van der Waals surface area (Å²) in [6.45, 7) is 5.59. The van der Waals surface area contributed by atoms with E-state index in [0.29, 0.717) is 16.8 Å². The number of rotatable bonds is 11. The van der Waals surface area contributed by atoms with Gasteiger partial charge in [-0.15, -0.1) is 0 Å². The molecule has 0 fully saturated rings. The maximum atomic E-state index is 12.6. The second kappa shape index (κ2) is 16.2. The lowest BCUT2D eigenvalue weighted by atomic mass is 10.1. The van der Waals surface area contributed by atoms with Gasteiger partial charge in [0.15, 0.2) is 0 Å². The van der Waals surface area contributed by atoms with Gasteiger partial charge in [0.25, 0.3) is 23.2 Å². The first-order valence-corrected chi connectivity index (χ1v) is 13.1. The predicted molar refractivity (Wildman–Crippen MR) is 165 cm³/mol. The van der Waals surface area contributed by atoms with Gasteiger partial charge < -0.3 is 10.6 Å². The second-order valence-electron chi connectivity index (χ2n) is 8.75. The average molecular weight is 613 g/mol. The summed E-state index contributed by atoms with van der Waals surface area (Å²) < 4.78 is 2.58. The zero-order valence-corrected chi connectivity index (χ0v) is 24.2. The monoisotopic (exact) mass is 612 g/mol. The van der Waals surface area contributed by atoms with Gasteiger partial charge in [-0.05, 0) is 35.8 Å². The van der Waals surface area contributed by atoms with E-state index in [4.69, 9.17) is 0 Å². The van der Waals surface area contributed by atoms with Crippen LogP contribution >= 0.6 is 0 Å². The highest BCUT2D eigenvalue weighted by Crippen LogP contribution is 2.18. The van der Waals surface area contributed by atoms with Gasteiger partial charge in [-0.1, -0.05) is 43.8 Å². The van der Waals surface area contributed by atoms with Gasteiger partial charge in [0.2, 0.25) is 0 Å². The molecule has 0 aliphatic rings. The molecule has 2 amide bonds. The molecule has 16 nitrogen and oxygen atoms in total. The number of carbonyl (C=O) groups is 2. The number of hydrogen-bond acceptors (Lipinski definition) is 10. The van der Waals surface area contributed by atoms with Crippen molar-refractivity contribution in [1.82, 2.24) is 40.2 Å². The molecular weight excluding hydrogens is 584 g/mol. The Kier molecular flexibility index (Phi) is 11.8. The lowest BCUT2D eigenvalue weighted by molar-refractivity contribution is -0.385. The number of nitro groups is 2. The van der Waals surface area contributed by atoms with E-state index in [1.807, 2.05) is 13.0 Å². The molecule has 0 aliphatic heterocycles. The van der Waals surface area contributed by atoms with Crippen molar-refractivity contribution in [3.05, 3.63) is 130 Å². The van der Waals surface area contributed by atoms with Crippen molar-refractivity contribution in [2.45, 2.75) is 13.3 Å². The number of benzene rings is 2. The topological polar surface area (TPSA) is 206 Å². The lowest BCUT2D eigenvalue weighted by Crippen LogP contribution is -2.25. The highest BCUT2D eigenvalue weighted by Gasteiger charge is 2.15. The van der Waals surface area contributed by atoms with Gasteiger partial charge in [0, 0.05) is 37.0 Å². The molecule has 230 valence electrons. The standard InChI is InChI=1S/C17H17N5O3.C12H11N5O3/c1-3-6-14(4-2)20-17(23)16(21-12-18-11-19-21)10-13-7-5-8-15(9-13)22(24)25;1-13-12(18)11(16-8-14-7-15-16)6-9-3-2-4-10(5-9)17(19)20/h4-12H,2-3H2,1H3,(H,20,23);2-8H,1H3,(H,13,18)/b14-6+,16-10-;11-6-. The van der Waals surface area contributed by atoms with Gasteiger partial charge in [-0.2, -0.15) is 10.2 Å². The number of nitrogens with one attached hydrogen (secondary N) is 2. The molecular formula is C29H28N10O6. The maximum absolute atomic E-state index is 12.6. The first kappa shape index (κ1) is 32.9. The minimum atomic E-state index is -0.494. The Morgan fingerprint density at radius 2 is 1.36 bits per heavy atom. The van der Waals surface area contributed by atoms with Crippen molar-refractivity contribution >= 4 is 46.7 Å². The predicted octanol–water partition coefficient (Wildman–Crippen LogP) is 3.71. The van der Waals surface area contributed by atoms with Crippen molar-refractivity contribution in [1.29, 1.82) is 0 Å². The van der Waals surface area contributed by atoms with Crippen LogP contribution in [0.1, 0.15) is 24.5 Å². The van der Waals surface area contributed by atoms with Gasteiger partial charge in [-0.3, -0.25) is 29.8 Å². The molecule has 0 radical (unpaired) electrons. The average Bonchev–Trinajstić information content (AvgIpc) is 3.78. The minimum Gasteiger partial charge on any atom is -0.354 e. The molecule has 2 aromatic heterocycles. The summed E-state index contributed by atoms with van der Waals surface area (Å²) in [6.07, 6.45) is 12.4. The van der Waals surface area contributed by atoms with Crippen LogP contribution in [0.2, 0.25) is 0 Å². The van der Waals surface area contributed by atoms with Crippen LogP contribution in [0.3, 0.4) is 0 Å². The fraction of sp³-hybridized carbons (Fsp3) is 0.103. The summed E-state index contributed by atoms with van der Waals surface area (Å²) in [5.74, 6) is -0.807. The van der Waals surface area contributed by atoms with E-state index in [1.54, 1.807) is 24.3 Å². The van der Waals surface area contributed by atoms with E-state index in [-0.39, 0.29) is 28.7 Å². The number of allylic oxidation sites excluding steroid dienone is 2. The van der Waals surface area contributed by atoms with Crippen LogP contribution in [-0.4, -0.2) is 58.2 Å². The number of likely N-dealkylation sites (N-methyl/N-ethyl adjacent to an activating group) is 1. The number of nitrogens with zero attached hydrogens (tertiary/aromatic N) is 8. The van der Waals surface area contributed by atoms with Crippen LogP contribution in [0.25, 0.3) is 23.5 Å². The molecule has 4 rings (SSSR count). The molecule has 2 heterocycles. The summed E-state index contributed by atoms with van der Waals surface area (Å²) in [5.41, 5.74) is 1.85. The Hall–Kier alpha value is -6.58. The van der Waals surface area contributed by atoms with Crippen LogP contribution in [0, 0.1) is 20.2 Å². The highest BCUT2D eigenvalue weighted by molar-refractivity contribution is 6.19. The quantitative estimate of drug-likeness (QED) is 0.109. The number of amides is 2. The van der Waals surface area contributed by atoms with Gasteiger partial charge in [-0.25, -0.2) is 19.3 Å². The second-order valence-corrected chi connectivity index (χ2v) is 8.75. The molecule has 2 N–H and O–H groups in total. The van der Waals surface area contributed by atoms with E-state index in [9.17, 15) is 29.8 Å². The van der Waals surface area contributed by atoms with Crippen molar-refractivity contribution < 1.29 is 19.4 Å². The minimum absolute atomic E-state index is 0.0476. The number of nitro benzene ring substituents is 2. The first-order valence-electron chi connectivity index (χ1n) is 13.1. The Balaban J connectivity index is 0.000000251. The number of hydrogen-bond donors (Lipinski definition) is 2. The zero-order chi connectivity index (χ0) is 32.8. The van der Waals surface area contributed by atoms with Gasteiger partial charge in [0.1, 0.15) is 36.7 Å². The molecule has 0 aliphatic carbocycles. The summed E-state index contributed by atoms with van der Waals surface area (Å²) in [7, 11) is 1.49. The Bertz CT molecular complexity index is 1760. The third kappa shape index (κ3) is 9.47. The summed E-state index contributed by atoms with van der Waals surface area (Å²) >= 11 is 0. The van der Waals surface area contributed by atoms with Crippen LogP contribution < -0.4 is 10.6 Å². The Morgan fingerprint density at radius 3 is 1.73 bits per heavy atom. The van der Waals surface area contributed by atoms with E-state index in [2.05, 4.69) is 37.4 Å². The molecule has 4 aromatic rings. The Labute approximate surface area is 256 Å². The molecule has 0 saturated carbocycles. The number of non-ortho nitro benzene ring substituents is 2. The summed E-state index contributed by atoms with van der Waals surface area (Å²) in [6, 6.07) is 11.9. The first-order chi connectivity index (χ1) is 21.7. The van der Waals surface area contributed by atoms with Gasteiger partial charge in [0.05, 0.1) is 9.85 Å². The molecule has 45 heavy (non-hydrogen) atoms. The van der Waals surface area contributed by atoms with E-state index in [1.165, 1.54) is 84.2 Å². The summed E-state index contributed by atoms with van der Waals surface area (Å²) in [4.78, 5) is 52.7. The van der Waals surface area contributed by atoms with Crippen molar-refractivity contribution in [3.8, 4) is 0 Å². The molecule has 16 heteroatoms. The number of aromatic nitrogens is 6. The molecule has 2 aromatic carbocycles. The zero-order valence-electron chi connectivity index (χ0n) is 24.2. The van der Waals surface area contributed by atoms with Gasteiger partial charge >= 0.3 is 0 Å². The fourth-order valence-electron chi connectivity index (χ4n) is 3.64. The molecule has 0 saturated heterocycles. The van der Waals surface area contributed by atoms with Crippen LogP contribution in [-0.2, 0) is 9.59 Å². The Morgan fingerprint density at radius 1 is 0.867 bits per heavy atom. The molecule has 0 unspecified atom stereocenters. The van der Waals surface area contributed by atoms with Crippen molar-refractivity contribution in [2.24, 2.45) is 0 Å². The highest BCUT2D eigenvalue weighted by atomic mass is 16.6. The third-order valence-electron chi connectivity index (χ3n) is 5.69. The fourth-order valence-corrected chi connectivity index (χ4v) is 3.64. The SMILES string of the molecule is C=C/C(=C\CC)NC(=O)/C(=C/c1cccc([N+](=O)[O-])c1)n1cncn1.CNC(=O)/C(=C/c1cccc([N+](=O)[O-])c1)n1cncn1. The van der Waals surface area contributed by atoms with Crippen molar-refractivity contribution in [3.63, 3.8) is 0 Å². The van der Waals surface area contributed by atoms with Crippen LogP contribution in [0.5, 0.6) is 0 Å². The molecule has 0 atom stereocenters. The normalized spacial score (nSPS) is 11.6. The van der Waals surface area contributed by atoms with E-state index in [0.717, 1.165) is 6.42 Å². The maximum Gasteiger partial charge on any atom is 0.274 e. The van der Waals surface area contributed by atoms with Crippen LogP contribution in [0.4, 0.5) is 11.4 Å². The largest absolute Gasteiger partial charge is 0.354 e. The molecule has 0 spiro atoms. The third-order valence-corrected chi connectivity index (χ3v) is 5.69. The van der Waals surface area contributed by atoms with Crippen LogP contribution in [0.15, 0.2) is 98.3 Å². The van der Waals surface area contributed by atoms with E-state index >= 15 is 0 Å².